The van der Waals surface area contributed by atoms with Crippen molar-refractivity contribution in [3.05, 3.63) is 52.5 Å². The fraction of sp³-hybridized carbons (Fsp3) is 0.333. The van der Waals surface area contributed by atoms with E-state index in [9.17, 15) is 18.0 Å². The highest BCUT2D eigenvalue weighted by Crippen LogP contribution is 2.45. The van der Waals surface area contributed by atoms with Gasteiger partial charge in [-0.15, -0.1) is 13.2 Å². The number of hydrogen-bond acceptors (Lipinski definition) is 6. The van der Waals surface area contributed by atoms with Crippen LogP contribution < -0.4 is 14.8 Å². The quantitative estimate of drug-likeness (QED) is 0.429. The van der Waals surface area contributed by atoms with E-state index in [-0.39, 0.29) is 29.3 Å². The van der Waals surface area contributed by atoms with Gasteiger partial charge in [-0.1, -0.05) is 36.0 Å². The van der Waals surface area contributed by atoms with Gasteiger partial charge in [0.1, 0.15) is 17.2 Å². The van der Waals surface area contributed by atoms with E-state index in [0.29, 0.717) is 16.3 Å². The second kappa shape index (κ2) is 9.93. The molecule has 172 valence electrons. The topological polar surface area (TPSA) is 66.0 Å². The molecule has 0 saturated carbocycles. The first kappa shape index (κ1) is 24.1. The van der Waals surface area contributed by atoms with Crippen LogP contribution in [0.15, 0.2) is 36.4 Å². The third-order valence-corrected chi connectivity index (χ3v) is 5.13. The monoisotopic (exact) mass is 489 g/mol. The zero-order valence-electron chi connectivity index (χ0n) is 17.0. The van der Waals surface area contributed by atoms with Gasteiger partial charge in [-0.2, -0.15) is 0 Å². The molecule has 1 aliphatic rings. The van der Waals surface area contributed by atoms with Crippen LogP contribution >= 0.6 is 23.8 Å². The van der Waals surface area contributed by atoms with Crippen LogP contribution in [0.4, 0.5) is 18.9 Å². The van der Waals surface area contributed by atoms with Gasteiger partial charge in [-0.25, -0.2) is 0 Å². The van der Waals surface area contributed by atoms with Crippen molar-refractivity contribution in [1.82, 2.24) is 0 Å². The summed E-state index contributed by atoms with van der Waals surface area (Å²) in [4.78, 5) is 12.3. The second-order valence-electron chi connectivity index (χ2n) is 6.66. The summed E-state index contributed by atoms with van der Waals surface area (Å²) >= 11 is 11.5. The number of thiocarbonyl (C=S) groups is 1. The lowest BCUT2D eigenvalue weighted by atomic mass is 9.98. The lowest BCUT2D eigenvalue weighted by molar-refractivity contribution is -0.275. The van der Waals surface area contributed by atoms with E-state index >= 15 is 0 Å². The summed E-state index contributed by atoms with van der Waals surface area (Å²) in [6.07, 6.45) is -7.32. The maximum atomic E-state index is 13.2. The maximum Gasteiger partial charge on any atom is 0.573 e. The van der Waals surface area contributed by atoms with Crippen molar-refractivity contribution >= 4 is 40.5 Å². The zero-order chi connectivity index (χ0) is 23.5. The predicted molar refractivity (Wildman–Crippen MR) is 115 cm³/mol. The number of nitrogens with one attached hydrogen (secondary N) is 1. The Labute approximate surface area is 192 Å². The third-order valence-electron chi connectivity index (χ3n) is 4.53. The molecule has 11 heteroatoms. The van der Waals surface area contributed by atoms with Gasteiger partial charge in [-0.3, -0.25) is 4.79 Å². The molecule has 0 spiro atoms. The summed E-state index contributed by atoms with van der Waals surface area (Å²) in [5.41, 5.74) is 0.897. The van der Waals surface area contributed by atoms with Gasteiger partial charge in [0.15, 0.2) is 11.5 Å². The second-order valence-corrected chi connectivity index (χ2v) is 7.54. The lowest BCUT2D eigenvalue weighted by Crippen LogP contribution is -2.31. The molecule has 0 radical (unpaired) electrons. The summed E-state index contributed by atoms with van der Waals surface area (Å²) in [5, 5.41) is 3.32. The van der Waals surface area contributed by atoms with Crippen LogP contribution in [0.1, 0.15) is 30.6 Å². The molecule has 1 aliphatic heterocycles. The number of hydrogen-bond donors (Lipinski definition) is 1. The normalized spacial score (nSPS) is 18.2. The molecular formula is C21H19ClF3NO5S. The van der Waals surface area contributed by atoms with Crippen LogP contribution in [-0.4, -0.2) is 37.1 Å². The molecule has 2 atom stereocenters. The molecule has 2 aromatic rings. The van der Waals surface area contributed by atoms with Crippen molar-refractivity contribution in [3.63, 3.8) is 0 Å². The molecule has 3 rings (SSSR count). The number of para-hydroxylation sites is 1. The van der Waals surface area contributed by atoms with Gasteiger partial charge in [-0.05, 0) is 31.2 Å². The number of ether oxygens (including phenoxy) is 4. The Bertz CT molecular complexity index is 1020. The SMILES string of the molecule is CCOC(=O)C[C@@H]1O[C@@H](c2cccc(OC)c2OC(F)(F)F)c2cc(Cl)ccc2NC1=S. The van der Waals surface area contributed by atoms with Gasteiger partial charge in [0.25, 0.3) is 0 Å². The molecular weight excluding hydrogens is 471 g/mol. The summed E-state index contributed by atoms with van der Waals surface area (Å²) in [7, 11) is 1.22. The number of carbonyl (C=O) groups is 1. The van der Waals surface area contributed by atoms with Gasteiger partial charge >= 0.3 is 12.3 Å². The van der Waals surface area contributed by atoms with Crippen LogP contribution in [0, 0.1) is 0 Å². The first-order valence-corrected chi connectivity index (χ1v) is 10.3. The van der Waals surface area contributed by atoms with Crippen molar-refractivity contribution < 1.29 is 36.9 Å². The number of esters is 1. The molecule has 0 amide bonds. The molecule has 0 aromatic heterocycles. The average molecular weight is 490 g/mol. The molecule has 32 heavy (non-hydrogen) atoms. The Morgan fingerprint density at radius 3 is 2.66 bits per heavy atom. The Morgan fingerprint density at radius 1 is 1.25 bits per heavy atom. The van der Waals surface area contributed by atoms with Gasteiger partial charge < -0.3 is 24.3 Å². The Balaban J connectivity index is 2.15. The number of alkyl halides is 3. The molecule has 0 saturated heterocycles. The summed E-state index contributed by atoms with van der Waals surface area (Å²) < 4.78 is 60.1. The highest BCUT2D eigenvalue weighted by atomic mass is 35.5. The van der Waals surface area contributed by atoms with Crippen LogP contribution in [0.3, 0.4) is 0 Å². The Hall–Kier alpha value is -2.56. The van der Waals surface area contributed by atoms with Crippen molar-refractivity contribution in [2.24, 2.45) is 0 Å². The summed E-state index contributed by atoms with van der Waals surface area (Å²) in [6.45, 7) is 1.81. The van der Waals surface area contributed by atoms with E-state index in [1.54, 1.807) is 25.1 Å². The van der Waals surface area contributed by atoms with E-state index < -0.39 is 30.3 Å². The predicted octanol–water partition coefficient (Wildman–Crippen LogP) is 5.43. The minimum atomic E-state index is -4.98. The number of benzene rings is 2. The minimum Gasteiger partial charge on any atom is -0.493 e. The fourth-order valence-electron chi connectivity index (χ4n) is 3.25. The third kappa shape index (κ3) is 5.62. The van der Waals surface area contributed by atoms with Gasteiger partial charge in [0.05, 0.1) is 20.1 Å². The number of carbonyl (C=O) groups excluding carboxylic acids is 1. The van der Waals surface area contributed by atoms with E-state index in [0.717, 1.165) is 0 Å². The molecule has 2 aromatic carbocycles. The van der Waals surface area contributed by atoms with Crippen molar-refractivity contribution in [1.29, 1.82) is 0 Å². The molecule has 0 fully saturated rings. The number of rotatable bonds is 6. The standard InChI is InChI=1S/C21H19ClF3NO5S/c1-3-29-17(27)10-16-20(32)26-14-8-7-11(22)9-13(14)18(30-16)12-5-4-6-15(28-2)19(12)31-21(23,24)25/h4-9,16,18H,3,10H2,1-2H3,(H,26,32)/t16-,18-/m0/s1. The van der Waals surface area contributed by atoms with E-state index in [1.807, 2.05) is 0 Å². The largest absolute Gasteiger partial charge is 0.573 e. The van der Waals surface area contributed by atoms with Crippen molar-refractivity contribution in [3.8, 4) is 11.5 Å². The minimum absolute atomic E-state index is 0.0190. The number of fused-ring (bicyclic) bond motifs is 1. The smallest absolute Gasteiger partial charge is 0.493 e. The summed E-state index contributed by atoms with van der Waals surface area (Å²) in [6, 6.07) is 9.01. The Morgan fingerprint density at radius 2 is 2.00 bits per heavy atom. The number of halogens is 4. The maximum absolute atomic E-state index is 13.2. The van der Waals surface area contributed by atoms with Crippen molar-refractivity contribution in [2.45, 2.75) is 31.9 Å². The highest BCUT2D eigenvalue weighted by Gasteiger charge is 2.38. The van der Waals surface area contributed by atoms with Crippen LogP contribution in [0.5, 0.6) is 11.5 Å². The highest BCUT2D eigenvalue weighted by molar-refractivity contribution is 7.80. The lowest BCUT2D eigenvalue weighted by Gasteiger charge is -2.25. The van der Waals surface area contributed by atoms with Gasteiger partial charge in [0, 0.05) is 21.8 Å². The number of anilines is 1. The molecule has 1 heterocycles. The molecule has 6 nitrogen and oxygen atoms in total. The zero-order valence-corrected chi connectivity index (χ0v) is 18.6. The van der Waals surface area contributed by atoms with E-state index in [1.165, 1.54) is 25.3 Å². The van der Waals surface area contributed by atoms with Crippen LogP contribution in [0.2, 0.25) is 5.02 Å². The van der Waals surface area contributed by atoms with E-state index in [4.69, 9.17) is 38.0 Å². The number of methoxy groups -OCH3 is 1. The van der Waals surface area contributed by atoms with Crippen LogP contribution in [0.25, 0.3) is 0 Å². The van der Waals surface area contributed by atoms with Crippen LogP contribution in [-0.2, 0) is 14.3 Å². The molecule has 0 unspecified atom stereocenters. The van der Waals surface area contributed by atoms with Crippen molar-refractivity contribution in [2.75, 3.05) is 19.0 Å². The van der Waals surface area contributed by atoms with E-state index in [2.05, 4.69) is 10.1 Å². The average Bonchev–Trinajstić information content (AvgIpc) is 2.84. The summed E-state index contributed by atoms with van der Waals surface area (Å²) in [5.74, 6) is -1.28. The first-order chi connectivity index (χ1) is 15.1. The van der Waals surface area contributed by atoms with Gasteiger partial charge in [0.2, 0.25) is 0 Å². The first-order valence-electron chi connectivity index (χ1n) is 9.47. The fourth-order valence-corrected chi connectivity index (χ4v) is 3.68. The molecule has 0 bridgehead atoms. The molecule has 0 aliphatic carbocycles. The Kier molecular flexibility index (Phi) is 7.47. The molecule has 1 N–H and O–H groups in total.